The van der Waals surface area contributed by atoms with Gasteiger partial charge in [-0.1, -0.05) is 20.8 Å². The van der Waals surface area contributed by atoms with Crippen LogP contribution in [0, 0.1) is 5.41 Å². The minimum Gasteiger partial charge on any atom is -0.479 e. The molecule has 1 aliphatic heterocycles. The predicted octanol–water partition coefficient (Wildman–Crippen LogP) is 2.24. The van der Waals surface area contributed by atoms with Gasteiger partial charge in [0.25, 0.3) is 0 Å². The van der Waals surface area contributed by atoms with E-state index in [1.165, 1.54) is 0 Å². The highest BCUT2D eigenvalue weighted by Gasteiger charge is 2.20. The summed E-state index contributed by atoms with van der Waals surface area (Å²) in [5.74, 6) is 0.935. The van der Waals surface area contributed by atoms with Gasteiger partial charge in [-0.3, -0.25) is 0 Å². The molecule has 1 aliphatic rings. The number of hydrogen-bond donors (Lipinski definition) is 0. The molecule has 0 saturated heterocycles. The molecule has 0 saturated carbocycles. The Labute approximate surface area is 68.7 Å². The first-order valence-electron chi connectivity index (χ1n) is 4.17. The molecule has 0 aromatic carbocycles. The smallest absolute Gasteiger partial charge is 0.184 e. The Morgan fingerprint density at radius 3 is 2.55 bits per heavy atom. The molecule has 1 heterocycles. The lowest BCUT2D eigenvalue weighted by molar-refractivity contribution is 0.296. The summed E-state index contributed by atoms with van der Waals surface area (Å²) in [6.07, 6.45) is 0.956. The lowest BCUT2D eigenvalue weighted by Gasteiger charge is -2.16. The highest BCUT2D eigenvalue weighted by atomic mass is 16.5. The van der Waals surface area contributed by atoms with Crippen LogP contribution < -0.4 is 0 Å². The molecular formula is C9H17NO. The molecule has 64 valence electrons. The van der Waals surface area contributed by atoms with Crippen LogP contribution in [0.15, 0.2) is 4.99 Å². The standard InChI is InChI=1S/C9H17NO/c1-7-6-11-8(10-7)5-9(2,3)4/h7H,5-6H2,1-4H3/t7-/m0/s1. The first-order chi connectivity index (χ1) is 4.97. The van der Waals surface area contributed by atoms with Crippen LogP contribution in [0.5, 0.6) is 0 Å². The Morgan fingerprint density at radius 1 is 1.55 bits per heavy atom. The van der Waals surface area contributed by atoms with Gasteiger partial charge in [-0.15, -0.1) is 0 Å². The molecule has 0 N–H and O–H groups in total. The van der Waals surface area contributed by atoms with Gasteiger partial charge in [-0.25, -0.2) is 4.99 Å². The first kappa shape index (κ1) is 8.57. The Kier molecular flexibility index (Phi) is 2.21. The molecule has 1 atom stereocenters. The van der Waals surface area contributed by atoms with Crippen LogP contribution in [0.3, 0.4) is 0 Å². The van der Waals surface area contributed by atoms with Gasteiger partial charge in [0.2, 0.25) is 0 Å². The van der Waals surface area contributed by atoms with Crippen LogP contribution >= 0.6 is 0 Å². The van der Waals surface area contributed by atoms with Gasteiger partial charge in [0.1, 0.15) is 6.61 Å². The van der Waals surface area contributed by atoms with Crippen LogP contribution in [-0.2, 0) is 4.74 Å². The fraction of sp³-hybridized carbons (Fsp3) is 0.889. The van der Waals surface area contributed by atoms with E-state index in [0.29, 0.717) is 11.5 Å². The fourth-order valence-electron chi connectivity index (χ4n) is 1.09. The van der Waals surface area contributed by atoms with Crippen molar-refractivity contribution >= 4 is 5.90 Å². The van der Waals surface area contributed by atoms with Crippen molar-refractivity contribution in [3.8, 4) is 0 Å². The van der Waals surface area contributed by atoms with E-state index in [0.717, 1.165) is 18.9 Å². The summed E-state index contributed by atoms with van der Waals surface area (Å²) in [4.78, 5) is 4.37. The minimum absolute atomic E-state index is 0.295. The Bertz CT molecular complexity index is 167. The zero-order chi connectivity index (χ0) is 8.48. The van der Waals surface area contributed by atoms with E-state index in [-0.39, 0.29) is 0 Å². The molecule has 0 aliphatic carbocycles. The van der Waals surface area contributed by atoms with E-state index in [1.54, 1.807) is 0 Å². The first-order valence-corrected chi connectivity index (χ1v) is 4.17. The van der Waals surface area contributed by atoms with Crippen molar-refractivity contribution in [2.24, 2.45) is 10.4 Å². The van der Waals surface area contributed by atoms with Crippen molar-refractivity contribution in [1.29, 1.82) is 0 Å². The van der Waals surface area contributed by atoms with Crippen LogP contribution in [0.1, 0.15) is 34.1 Å². The summed E-state index contributed by atoms with van der Waals surface area (Å²) in [7, 11) is 0. The molecular weight excluding hydrogens is 138 g/mol. The molecule has 0 unspecified atom stereocenters. The largest absolute Gasteiger partial charge is 0.479 e. The zero-order valence-electron chi connectivity index (χ0n) is 7.85. The van der Waals surface area contributed by atoms with Gasteiger partial charge >= 0.3 is 0 Å². The Morgan fingerprint density at radius 2 is 2.18 bits per heavy atom. The fourth-order valence-corrected chi connectivity index (χ4v) is 1.09. The molecule has 0 aromatic heterocycles. The van der Waals surface area contributed by atoms with Crippen molar-refractivity contribution in [1.82, 2.24) is 0 Å². The van der Waals surface area contributed by atoms with Gasteiger partial charge in [0, 0.05) is 6.42 Å². The van der Waals surface area contributed by atoms with Crippen molar-refractivity contribution in [3.63, 3.8) is 0 Å². The number of hydrogen-bond acceptors (Lipinski definition) is 2. The van der Waals surface area contributed by atoms with E-state index in [4.69, 9.17) is 4.74 Å². The second kappa shape index (κ2) is 2.84. The molecule has 0 fully saturated rings. The minimum atomic E-state index is 0.295. The molecule has 2 nitrogen and oxygen atoms in total. The van der Waals surface area contributed by atoms with E-state index in [9.17, 15) is 0 Å². The van der Waals surface area contributed by atoms with E-state index < -0.39 is 0 Å². The van der Waals surface area contributed by atoms with Gasteiger partial charge in [-0.2, -0.15) is 0 Å². The second-order valence-corrected chi connectivity index (χ2v) is 4.42. The quantitative estimate of drug-likeness (QED) is 0.569. The normalized spacial score (nSPS) is 24.7. The van der Waals surface area contributed by atoms with Gasteiger partial charge in [0.05, 0.1) is 6.04 Å². The number of ether oxygens (including phenoxy) is 1. The molecule has 0 bridgehead atoms. The van der Waals surface area contributed by atoms with Crippen LogP contribution in [-0.4, -0.2) is 18.5 Å². The second-order valence-electron chi connectivity index (χ2n) is 4.42. The maximum atomic E-state index is 5.39. The molecule has 0 amide bonds. The highest BCUT2D eigenvalue weighted by Crippen LogP contribution is 2.21. The number of aliphatic imine (C=N–C) groups is 1. The van der Waals surface area contributed by atoms with E-state index in [1.807, 2.05) is 0 Å². The van der Waals surface area contributed by atoms with Crippen molar-refractivity contribution < 1.29 is 4.74 Å². The van der Waals surface area contributed by atoms with Crippen LogP contribution in [0.25, 0.3) is 0 Å². The molecule has 0 radical (unpaired) electrons. The summed E-state index contributed by atoms with van der Waals surface area (Å²) < 4.78 is 5.39. The predicted molar refractivity (Wildman–Crippen MR) is 46.9 cm³/mol. The highest BCUT2D eigenvalue weighted by molar-refractivity contribution is 5.78. The molecule has 1 rings (SSSR count). The van der Waals surface area contributed by atoms with Crippen molar-refractivity contribution in [3.05, 3.63) is 0 Å². The molecule has 2 heteroatoms. The third kappa shape index (κ3) is 2.91. The molecule has 0 aromatic rings. The summed E-state index contributed by atoms with van der Waals surface area (Å²) in [5, 5.41) is 0. The molecule has 11 heavy (non-hydrogen) atoms. The Balaban J connectivity index is 2.45. The summed E-state index contributed by atoms with van der Waals surface area (Å²) in [6, 6.07) is 0.368. The number of rotatable bonds is 1. The topological polar surface area (TPSA) is 21.6 Å². The zero-order valence-corrected chi connectivity index (χ0v) is 7.85. The van der Waals surface area contributed by atoms with Gasteiger partial charge in [0.15, 0.2) is 5.90 Å². The maximum Gasteiger partial charge on any atom is 0.184 e. The lowest BCUT2D eigenvalue weighted by Crippen LogP contribution is -2.12. The van der Waals surface area contributed by atoms with Gasteiger partial charge in [-0.05, 0) is 12.3 Å². The summed E-state index contributed by atoms with van der Waals surface area (Å²) in [6.45, 7) is 9.44. The summed E-state index contributed by atoms with van der Waals surface area (Å²) in [5.41, 5.74) is 0.295. The maximum absolute atomic E-state index is 5.39. The number of nitrogens with zero attached hydrogens (tertiary/aromatic N) is 1. The van der Waals surface area contributed by atoms with E-state index >= 15 is 0 Å². The molecule has 0 spiro atoms. The van der Waals surface area contributed by atoms with Crippen molar-refractivity contribution in [2.75, 3.05) is 6.61 Å². The monoisotopic (exact) mass is 155 g/mol. The third-order valence-corrected chi connectivity index (χ3v) is 1.54. The SMILES string of the molecule is C[C@H]1COC(CC(C)(C)C)=N1. The lowest BCUT2D eigenvalue weighted by atomic mass is 9.92. The van der Waals surface area contributed by atoms with E-state index in [2.05, 4.69) is 32.7 Å². The Hall–Kier alpha value is -0.530. The van der Waals surface area contributed by atoms with Gasteiger partial charge < -0.3 is 4.74 Å². The van der Waals surface area contributed by atoms with Crippen LogP contribution in [0.2, 0.25) is 0 Å². The van der Waals surface area contributed by atoms with Crippen LogP contribution in [0.4, 0.5) is 0 Å². The summed E-state index contributed by atoms with van der Waals surface area (Å²) >= 11 is 0. The van der Waals surface area contributed by atoms with Crippen molar-refractivity contribution in [2.45, 2.75) is 40.2 Å². The average molecular weight is 155 g/mol. The third-order valence-electron chi connectivity index (χ3n) is 1.54. The average Bonchev–Trinajstić information content (AvgIpc) is 2.10.